The zero-order valence-electron chi connectivity index (χ0n) is 18.7. The molecule has 0 amide bonds. The van der Waals surface area contributed by atoms with Crippen molar-refractivity contribution in [3.05, 3.63) is 64.7 Å². The summed E-state index contributed by atoms with van der Waals surface area (Å²) in [6.45, 7) is 8.09. The molecule has 0 radical (unpaired) electrons. The third-order valence-corrected chi connectivity index (χ3v) is 6.06. The van der Waals surface area contributed by atoms with E-state index in [1.54, 1.807) is 0 Å². The van der Waals surface area contributed by atoms with Crippen LogP contribution in [0.25, 0.3) is 0 Å². The van der Waals surface area contributed by atoms with Crippen LogP contribution >= 0.6 is 0 Å². The Morgan fingerprint density at radius 1 is 1.10 bits per heavy atom. The van der Waals surface area contributed by atoms with Crippen LogP contribution in [0.5, 0.6) is 5.75 Å². The SMILES string of the molecule is CN=C(NCCc1ccc2c(c1)CCO2)NCC(c1cccc(C)c1)N1CCOCC1. The van der Waals surface area contributed by atoms with E-state index in [0.717, 1.165) is 70.6 Å². The highest BCUT2D eigenvalue weighted by molar-refractivity contribution is 5.79. The van der Waals surface area contributed by atoms with Crippen LogP contribution in [-0.2, 0) is 17.6 Å². The van der Waals surface area contributed by atoms with Crippen LogP contribution in [0.15, 0.2) is 47.5 Å². The van der Waals surface area contributed by atoms with Gasteiger partial charge in [0.1, 0.15) is 5.75 Å². The van der Waals surface area contributed by atoms with Crippen molar-refractivity contribution in [3.8, 4) is 5.75 Å². The Bertz CT molecular complexity index is 893. The van der Waals surface area contributed by atoms with Crippen molar-refractivity contribution in [1.82, 2.24) is 15.5 Å². The van der Waals surface area contributed by atoms with E-state index in [4.69, 9.17) is 9.47 Å². The Hall–Kier alpha value is -2.57. The van der Waals surface area contributed by atoms with Crippen LogP contribution < -0.4 is 15.4 Å². The number of rotatable bonds is 7. The number of hydrogen-bond acceptors (Lipinski definition) is 4. The number of guanidine groups is 1. The number of fused-ring (bicyclic) bond motifs is 1. The lowest BCUT2D eigenvalue weighted by molar-refractivity contribution is 0.0170. The molecule has 4 rings (SSSR count). The molecule has 2 aliphatic heterocycles. The van der Waals surface area contributed by atoms with Crippen molar-refractivity contribution in [2.75, 3.05) is 53.0 Å². The Balaban J connectivity index is 1.32. The number of benzene rings is 2. The van der Waals surface area contributed by atoms with E-state index in [2.05, 4.69) is 69.9 Å². The van der Waals surface area contributed by atoms with E-state index in [1.165, 1.54) is 22.3 Å². The van der Waals surface area contributed by atoms with Crippen LogP contribution in [0.3, 0.4) is 0 Å². The first-order valence-corrected chi connectivity index (χ1v) is 11.3. The van der Waals surface area contributed by atoms with Gasteiger partial charge < -0.3 is 20.1 Å². The molecular weight excluding hydrogens is 388 g/mol. The van der Waals surface area contributed by atoms with Gasteiger partial charge >= 0.3 is 0 Å². The first kappa shape index (κ1) is 21.7. The molecule has 1 unspecified atom stereocenters. The van der Waals surface area contributed by atoms with Crippen LogP contribution in [0.1, 0.15) is 28.3 Å². The summed E-state index contributed by atoms with van der Waals surface area (Å²) in [5.41, 5.74) is 5.29. The van der Waals surface area contributed by atoms with E-state index in [9.17, 15) is 0 Å². The Morgan fingerprint density at radius 2 is 1.97 bits per heavy atom. The first-order valence-electron chi connectivity index (χ1n) is 11.3. The van der Waals surface area contributed by atoms with E-state index in [-0.39, 0.29) is 0 Å². The monoisotopic (exact) mass is 422 g/mol. The van der Waals surface area contributed by atoms with E-state index in [1.807, 2.05) is 7.05 Å². The molecule has 0 spiro atoms. The zero-order valence-corrected chi connectivity index (χ0v) is 18.7. The highest BCUT2D eigenvalue weighted by Crippen LogP contribution is 2.26. The lowest BCUT2D eigenvalue weighted by Crippen LogP contribution is -2.46. The Kier molecular flexibility index (Phi) is 7.43. The summed E-state index contributed by atoms with van der Waals surface area (Å²) in [6, 6.07) is 15.6. The quantitative estimate of drug-likeness (QED) is 0.531. The number of aliphatic imine (C=N–C) groups is 1. The van der Waals surface area contributed by atoms with Gasteiger partial charge in [0, 0.05) is 39.6 Å². The highest BCUT2D eigenvalue weighted by Gasteiger charge is 2.23. The second-order valence-corrected chi connectivity index (χ2v) is 8.25. The number of nitrogens with zero attached hydrogens (tertiary/aromatic N) is 2. The zero-order chi connectivity index (χ0) is 21.5. The van der Waals surface area contributed by atoms with Gasteiger partial charge in [0.15, 0.2) is 5.96 Å². The summed E-state index contributed by atoms with van der Waals surface area (Å²) < 4.78 is 11.2. The summed E-state index contributed by atoms with van der Waals surface area (Å²) >= 11 is 0. The molecule has 1 atom stereocenters. The van der Waals surface area contributed by atoms with Gasteiger partial charge in [-0.3, -0.25) is 9.89 Å². The molecule has 2 aliphatic rings. The number of nitrogens with one attached hydrogen (secondary N) is 2. The number of morpholine rings is 1. The molecule has 0 aliphatic carbocycles. The van der Waals surface area contributed by atoms with Crippen molar-refractivity contribution in [2.24, 2.45) is 4.99 Å². The van der Waals surface area contributed by atoms with Crippen molar-refractivity contribution < 1.29 is 9.47 Å². The standard InChI is InChI=1S/C25H34N4O2/c1-19-4-3-5-21(16-19)23(29-11-14-30-15-12-29)18-28-25(26-2)27-10-8-20-6-7-24-22(17-20)9-13-31-24/h3-7,16-17,23H,8-15,18H2,1-2H3,(H2,26,27,28). The number of hydrogen-bond donors (Lipinski definition) is 2. The maximum Gasteiger partial charge on any atom is 0.191 e. The fourth-order valence-corrected chi connectivity index (χ4v) is 4.36. The molecule has 2 aromatic carbocycles. The van der Waals surface area contributed by atoms with Gasteiger partial charge in [-0.1, -0.05) is 42.0 Å². The number of aryl methyl sites for hydroxylation is 1. The summed E-state index contributed by atoms with van der Waals surface area (Å²) in [7, 11) is 1.83. The van der Waals surface area contributed by atoms with E-state index in [0.29, 0.717) is 6.04 Å². The molecule has 0 saturated carbocycles. The van der Waals surface area contributed by atoms with Crippen LogP contribution in [-0.4, -0.2) is 63.9 Å². The summed E-state index contributed by atoms with van der Waals surface area (Å²) in [6.07, 6.45) is 1.97. The van der Waals surface area contributed by atoms with Crippen molar-refractivity contribution in [3.63, 3.8) is 0 Å². The van der Waals surface area contributed by atoms with Crippen LogP contribution in [0, 0.1) is 6.92 Å². The predicted octanol–water partition coefficient (Wildman–Crippen LogP) is 2.71. The summed E-state index contributed by atoms with van der Waals surface area (Å²) in [5, 5.41) is 7.02. The molecule has 6 heteroatoms. The molecule has 31 heavy (non-hydrogen) atoms. The van der Waals surface area contributed by atoms with E-state index >= 15 is 0 Å². The summed E-state index contributed by atoms with van der Waals surface area (Å²) in [4.78, 5) is 6.94. The molecular formula is C25H34N4O2. The van der Waals surface area contributed by atoms with Gasteiger partial charge in [-0.05, 0) is 36.1 Å². The molecule has 1 fully saturated rings. The first-order chi connectivity index (χ1) is 15.2. The lowest BCUT2D eigenvalue weighted by Gasteiger charge is -2.35. The smallest absolute Gasteiger partial charge is 0.191 e. The Morgan fingerprint density at radius 3 is 2.77 bits per heavy atom. The molecule has 2 heterocycles. The largest absolute Gasteiger partial charge is 0.493 e. The lowest BCUT2D eigenvalue weighted by atomic mass is 10.0. The second kappa shape index (κ2) is 10.6. The van der Waals surface area contributed by atoms with E-state index < -0.39 is 0 Å². The van der Waals surface area contributed by atoms with Crippen LogP contribution in [0.2, 0.25) is 0 Å². The molecule has 2 aromatic rings. The average molecular weight is 423 g/mol. The predicted molar refractivity (Wildman–Crippen MR) is 125 cm³/mol. The minimum absolute atomic E-state index is 0.291. The second-order valence-electron chi connectivity index (χ2n) is 8.25. The normalized spacial score (nSPS) is 17.7. The van der Waals surface area contributed by atoms with Crippen molar-refractivity contribution in [2.45, 2.75) is 25.8 Å². The maximum absolute atomic E-state index is 5.61. The average Bonchev–Trinajstić information content (AvgIpc) is 3.27. The minimum Gasteiger partial charge on any atom is -0.493 e. The molecule has 6 nitrogen and oxygen atoms in total. The molecule has 0 bridgehead atoms. The fraction of sp³-hybridized carbons (Fsp3) is 0.480. The highest BCUT2D eigenvalue weighted by atomic mass is 16.5. The van der Waals surface area contributed by atoms with Gasteiger partial charge in [0.25, 0.3) is 0 Å². The van der Waals surface area contributed by atoms with Crippen LogP contribution in [0.4, 0.5) is 0 Å². The topological polar surface area (TPSA) is 58.1 Å². The van der Waals surface area contributed by atoms with Gasteiger partial charge in [-0.15, -0.1) is 0 Å². The van der Waals surface area contributed by atoms with Gasteiger partial charge in [0.05, 0.1) is 25.9 Å². The summed E-state index contributed by atoms with van der Waals surface area (Å²) in [5.74, 6) is 1.88. The Labute approximate surface area is 185 Å². The molecule has 2 N–H and O–H groups in total. The minimum atomic E-state index is 0.291. The molecule has 1 saturated heterocycles. The third-order valence-electron chi connectivity index (χ3n) is 6.06. The van der Waals surface area contributed by atoms with Gasteiger partial charge in [0.2, 0.25) is 0 Å². The van der Waals surface area contributed by atoms with Gasteiger partial charge in [-0.2, -0.15) is 0 Å². The molecule has 166 valence electrons. The maximum atomic E-state index is 5.61. The number of ether oxygens (including phenoxy) is 2. The van der Waals surface area contributed by atoms with Crippen molar-refractivity contribution in [1.29, 1.82) is 0 Å². The van der Waals surface area contributed by atoms with Crippen molar-refractivity contribution >= 4 is 5.96 Å². The third kappa shape index (κ3) is 5.77. The fourth-order valence-electron chi connectivity index (χ4n) is 4.36. The molecule has 0 aromatic heterocycles. The van der Waals surface area contributed by atoms with Gasteiger partial charge in [-0.25, -0.2) is 0 Å².